The van der Waals surface area contributed by atoms with E-state index >= 15 is 0 Å². The molecule has 0 amide bonds. The van der Waals surface area contributed by atoms with Gasteiger partial charge < -0.3 is 9.84 Å². The predicted molar refractivity (Wildman–Crippen MR) is 29.5 cm³/mol. The van der Waals surface area contributed by atoms with Crippen LogP contribution in [0.1, 0.15) is 6.92 Å². The zero-order valence-corrected chi connectivity index (χ0v) is 4.97. The topological polar surface area (TPSA) is 40.8 Å². The van der Waals surface area contributed by atoms with Gasteiger partial charge in [0.1, 0.15) is 0 Å². The molecule has 1 N–H and O–H groups in total. The summed E-state index contributed by atoms with van der Waals surface area (Å²) >= 11 is 0. The molecule has 0 radical (unpaired) electrons. The minimum Gasteiger partial charge on any atom is -0.502 e. The molecule has 0 heterocycles. The van der Waals surface area contributed by atoms with E-state index < -0.39 is 0 Å². The lowest BCUT2D eigenvalue weighted by atomic mass is 10.6. The van der Waals surface area contributed by atoms with E-state index in [1.165, 1.54) is 14.0 Å². The first-order chi connectivity index (χ1) is 3.72. The van der Waals surface area contributed by atoms with E-state index in [2.05, 4.69) is 16.0 Å². The quantitative estimate of drug-likeness (QED) is 0.428. The van der Waals surface area contributed by atoms with Gasteiger partial charge in [-0.15, -0.1) is 0 Å². The zero-order valence-electron chi connectivity index (χ0n) is 4.97. The van der Waals surface area contributed by atoms with Crippen LogP contribution >= 0.6 is 0 Å². The Kier molecular flexibility index (Phi) is 2.69. The van der Waals surface area contributed by atoms with Crippen molar-refractivity contribution in [2.24, 2.45) is 0 Å². The summed E-state index contributed by atoms with van der Waals surface area (Å²) in [6.45, 7) is 4.48. The third-order valence-electron chi connectivity index (χ3n) is 0.612. The van der Waals surface area contributed by atoms with Gasteiger partial charge in [0.2, 0.25) is 5.76 Å². The Balaban J connectivity index is 4.07. The smallest absolute Gasteiger partial charge is 0.502 e. The lowest BCUT2D eigenvalue weighted by Crippen LogP contribution is -1.89. The SMILES string of the molecule is C=[O+]/C(OC)=C(\C)O. The highest BCUT2D eigenvalue weighted by atomic mass is 16.6. The molecule has 0 atom stereocenters. The van der Waals surface area contributed by atoms with Gasteiger partial charge >= 0.3 is 5.95 Å². The molecule has 0 spiro atoms. The van der Waals surface area contributed by atoms with E-state index in [0.29, 0.717) is 0 Å². The number of aliphatic hydroxyl groups is 1. The van der Waals surface area contributed by atoms with Gasteiger partial charge in [0, 0.05) is 6.92 Å². The van der Waals surface area contributed by atoms with Crippen molar-refractivity contribution in [2.75, 3.05) is 7.11 Å². The Labute approximate surface area is 47.9 Å². The third kappa shape index (κ3) is 1.64. The fourth-order valence-corrected chi connectivity index (χ4v) is 0.311. The van der Waals surface area contributed by atoms with Crippen LogP contribution in [0, 0.1) is 0 Å². The van der Waals surface area contributed by atoms with E-state index in [4.69, 9.17) is 5.11 Å². The van der Waals surface area contributed by atoms with Crippen LogP contribution in [0.5, 0.6) is 0 Å². The highest BCUT2D eigenvalue weighted by molar-refractivity contribution is 5.13. The summed E-state index contributed by atoms with van der Waals surface area (Å²) in [4.78, 5) is 0. The van der Waals surface area contributed by atoms with Crippen molar-refractivity contribution in [1.82, 2.24) is 0 Å². The molecule has 8 heavy (non-hydrogen) atoms. The van der Waals surface area contributed by atoms with E-state index in [-0.39, 0.29) is 11.7 Å². The summed E-state index contributed by atoms with van der Waals surface area (Å²) in [6, 6.07) is 0. The summed E-state index contributed by atoms with van der Waals surface area (Å²) in [5.41, 5.74) is 0. The molecule has 0 saturated carbocycles. The molecule has 3 heteroatoms. The van der Waals surface area contributed by atoms with E-state index in [0.717, 1.165) is 0 Å². The molecular formula is C5H9O3+. The summed E-state index contributed by atoms with van der Waals surface area (Å²) in [7, 11) is 1.39. The Morgan fingerprint density at radius 3 is 2.25 bits per heavy atom. The molecule has 0 aromatic heterocycles. The maximum Gasteiger partial charge on any atom is 0.555 e. The third-order valence-corrected chi connectivity index (χ3v) is 0.612. The van der Waals surface area contributed by atoms with Crippen LogP contribution in [0.15, 0.2) is 11.7 Å². The van der Waals surface area contributed by atoms with Crippen LogP contribution in [-0.4, -0.2) is 19.0 Å². The van der Waals surface area contributed by atoms with Gasteiger partial charge in [-0.05, 0) is 0 Å². The standard InChI is InChI=1S/C5H8O3/c1-4(6)5(7-2)8-3/h2H2,1,3H3/p+1/b5-4-. The maximum absolute atomic E-state index is 8.60. The second-order valence-corrected chi connectivity index (χ2v) is 1.22. The van der Waals surface area contributed by atoms with E-state index in [1.807, 2.05) is 0 Å². The first-order valence-electron chi connectivity index (χ1n) is 2.08. The first-order valence-corrected chi connectivity index (χ1v) is 2.08. The van der Waals surface area contributed by atoms with Gasteiger partial charge in [-0.3, -0.25) is 4.42 Å². The average molecular weight is 117 g/mol. The van der Waals surface area contributed by atoms with Crippen LogP contribution in [0.3, 0.4) is 0 Å². The number of aliphatic hydroxyl groups excluding tert-OH is 1. The second kappa shape index (κ2) is 3.07. The molecule has 0 unspecified atom stereocenters. The molecule has 0 rings (SSSR count). The van der Waals surface area contributed by atoms with E-state index in [1.54, 1.807) is 0 Å². The number of methoxy groups -OCH3 is 1. The number of ether oxygens (including phenoxy) is 1. The number of rotatable bonds is 2. The first kappa shape index (κ1) is 7.01. The maximum atomic E-state index is 8.60. The number of hydrogen-bond donors (Lipinski definition) is 1. The molecule has 46 valence electrons. The number of allylic oxidation sites excluding steroid dienone is 1. The van der Waals surface area contributed by atoms with Gasteiger partial charge in [-0.1, -0.05) is 0 Å². The average Bonchev–Trinajstić information content (AvgIpc) is 1.69. The molecule has 0 aliphatic heterocycles. The van der Waals surface area contributed by atoms with E-state index in [9.17, 15) is 0 Å². The largest absolute Gasteiger partial charge is 0.555 e. The molecule has 0 aliphatic rings. The van der Waals surface area contributed by atoms with Gasteiger partial charge in [0.05, 0.1) is 0 Å². The summed E-state index contributed by atoms with van der Waals surface area (Å²) in [5, 5.41) is 8.60. The predicted octanol–water partition coefficient (Wildman–Crippen LogP) is 0.744. The Morgan fingerprint density at radius 2 is 2.25 bits per heavy atom. The van der Waals surface area contributed by atoms with Crippen molar-refractivity contribution >= 4 is 6.79 Å². The fourth-order valence-electron chi connectivity index (χ4n) is 0.311. The second-order valence-electron chi connectivity index (χ2n) is 1.22. The highest BCUT2D eigenvalue weighted by Crippen LogP contribution is 1.96. The molecular weight excluding hydrogens is 108 g/mol. The molecule has 0 saturated heterocycles. The van der Waals surface area contributed by atoms with Gasteiger partial charge in [-0.25, -0.2) is 0 Å². The molecule has 0 aromatic rings. The minimum atomic E-state index is -0.0116. The number of carbonyl (C=O) groups excluding carboxylic acids is 1. The monoisotopic (exact) mass is 117 g/mol. The highest BCUT2D eigenvalue weighted by Gasteiger charge is 2.08. The summed E-state index contributed by atoms with van der Waals surface area (Å²) in [5.74, 6) is 0.0347. The molecule has 0 aliphatic carbocycles. The van der Waals surface area contributed by atoms with Crippen LogP contribution in [-0.2, 0) is 9.16 Å². The lowest BCUT2D eigenvalue weighted by Gasteiger charge is -1.83. The normalized spacial score (nSPS) is 12.2. The zero-order chi connectivity index (χ0) is 6.57. The van der Waals surface area contributed by atoms with Crippen molar-refractivity contribution < 1.29 is 14.3 Å². The molecule has 0 aromatic carbocycles. The Hall–Kier alpha value is -0.990. The van der Waals surface area contributed by atoms with Crippen molar-refractivity contribution in [3.05, 3.63) is 11.7 Å². The van der Waals surface area contributed by atoms with Gasteiger partial charge in [0.25, 0.3) is 0 Å². The van der Waals surface area contributed by atoms with Crippen molar-refractivity contribution in [2.45, 2.75) is 6.92 Å². The van der Waals surface area contributed by atoms with Crippen molar-refractivity contribution in [1.29, 1.82) is 0 Å². The molecule has 0 fully saturated rings. The van der Waals surface area contributed by atoms with Crippen LogP contribution in [0.4, 0.5) is 0 Å². The minimum absolute atomic E-state index is 0.0116. The molecule has 0 bridgehead atoms. The Morgan fingerprint density at radius 1 is 1.75 bits per heavy atom. The van der Waals surface area contributed by atoms with Crippen LogP contribution in [0.25, 0.3) is 0 Å². The lowest BCUT2D eigenvalue weighted by molar-refractivity contribution is -0.432. The van der Waals surface area contributed by atoms with Gasteiger partial charge in [-0.2, -0.15) is 0 Å². The van der Waals surface area contributed by atoms with Gasteiger partial charge in [0.15, 0.2) is 13.9 Å². The summed E-state index contributed by atoms with van der Waals surface area (Å²) in [6.07, 6.45) is 0. The van der Waals surface area contributed by atoms with Crippen LogP contribution < -0.4 is 0 Å². The molecule has 3 nitrogen and oxygen atoms in total. The van der Waals surface area contributed by atoms with Crippen LogP contribution in [0.2, 0.25) is 0 Å². The Bertz CT molecular complexity index is 111. The van der Waals surface area contributed by atoms with Crippen molar-refractivity contribution in [3.8, 4) is 0 Å². The number of hydrogen-bond acceptors (Lipinski definition) is 2. The van der Waals surface area contributed by atoms with Crippen molar-refractivity contribution in [3.63, 3.8) is 0 Å². The fraction of sp³-hybridized carbons (Fsp3) is 0.400. The summed E-state index contributed by atoms with van der Waals surface area (Å²) < 4.78 is 8.82.